The van der Waals surface area contributed by atoms with Gasteiger partial charge in [-0.05, 0) is 31.2 Å². The molecular formula is C17H16FNO4. The van der Waals surface area contributed by atoms with Crippen molar-refractivity contribution in [1.82, 2.24) is 0 Å². The molecule has 0 aliphatic heterocycles. The zero-order valence-corrected chi connectivity index (χ0v) is 12.5. The van der Waals surface area contributed by atoms with Gasteiger partial charge in [0.15, 0.2) is 13.2 Å². The van der Waals surface area contributed by atoms with Crippen molar-refractivity contribution in [1.29, 1.82) is 0 Å². The van der Waals surface area contributed by atoms with Crippen LogP contribution in [0.2, 0.25) is 0 Å². The summed E-state index contributed by atoms with van der Waals surface area (Å²) in [5.74, 6) is -1.42. The molecule has 0 radical (unpaired) electrons. The highest BCUT2D eigenvalue weighted by Crippen LogP contribution is 2.11. The van der Waals surface area contributed by atoms with Crippen LogP contribution in [0.1, 0.15) is 5.56 Å². The Balaban J connectivity index is 1.71. The van der Waals surface area contributed by atoms with Crippen LogP contribution in [0.5, 0.6) is 5.75 Å². The van der Waals surface area contributed by atoms with E-state index in [9.17, 15) is 14.0 Å². The number of halogens is 1. The normalized spacial score (nSPS) is 10.0. The van der Waals surface area contributed by atoms with Gasteiger partial charge in [-0.1, -0.05) is 23.8 Å². The Kier molecular flexibility index (Phi) is 5.68. The number of amides is 1. The third-order valence-electron chi connectivity index (χ3n) is 2.85. The van der Waals surface area contributed by atoms with E-state index in [2.05, 4.69) is 5.32 Å². The molecule has 0 saturated heterocycles. The summed E-state index contributed by atoms with van der Waals surface area (Å²) >= 11 is 0. The van der Waals surface area contributed by atoms with Crippen LogP contribution >= 0.6 is 0 Å². The van der Waals surface area contributed by atoms with Crippen molar-refractivity contribution in [2.45, 2.75) is 6.92 Å². The van der Waals surface area contributed by atoms with Crippen LogP contribution in [0.15, 0.2) is 48.5 Å². The molecular weight excluding hydrogens is 301 g/mol. The smallest absolute Gasteiger partial charge is 0.344 e. The summed E-state index contributed by atoms with van der Waals surface area (Å²) in [6, 6.07) is 12.6. The zero-order chi connectivity index (χ0) is 16.7. The minimum absolute atomic E-state index is 0.214. The van der Waals surface area contributed by atoms with E-state index in [0.717, 1.165) is 11.6 Å². The third-order valence-corrected chi connectivity index (χ3v) is 2.85. The van der Waals surface area contributed by atoms with Gasteiger partial charge in [0.2, 0.25) is 0 Å². The van der Waals surface area contributed by atoms with Crippen LogP contribution in [-0.2, 0) is 14.3 Å². The molecule has 0 aliphatic rings. The summed E-state index contributed by atoms with van der Waals surface area (Å²) in [5, 5.41) is 2.60. The molecule has 2 aromatic rings. The summed E-state index contributed by atoms with van der Waals surface area (Å²) < 4.78 is 22.8. The molecule has 0 saturated carbocycles. The summed E-state index contributed by atoms with van der Waals surface area (Å²) in [7, 11) is 0. The molecule has 0 bridgehead atoms. The van der Waals surface area contributed by atoms with Gasteiger partial charge in [-0.15, -0.1) is 0 Å². The number of aryl methyl sites for hydroxylation is 1. The first kappa shape index (κ1) is 16.5. The highest BCUT2D eigenvalue weighted by molar-refractivity contribution is 5.92. The molecule has 0 unspecified atom stereocenters. The first-order valence-electron chi connectivity index (χ1n) is 6.93. The van der Waals surface area contributed by atoms with Gasteiger partial charge >= 0.3 is 5.97 Å². The Morgan fingerprint density at radius 1 is 1.09 bits per heavy atom. The van der Waals surface area contributed by atoms with Gasteiger partial charge in [0.05, 0.1) is 0 Å². The van der Waals surface area contributed by atoms with Gasteiger partial charge in [-0.3, -0.25) is 4.79 Å². The van der Waals surface area contributed by atoms with Gasteiger partial charge < -0.3 is 14.8 Å². The first-order chi connectivity index (χ1) is 11.0. The topological polar surface area (TPSA) is 64.6 Å². The highest BCUT2D eigenvalue weighted by Gasteiger charge is 2.09. The number of carbonyl (C=O) groups is 2. The van der Waals surface area contributed by atoms with E-state index in [1.165, 1.54) is 18.2 Å². The Hall–Kier alpha value is -2.89. The zero-order valence-electron chi connectivity index (χ0n) is 12.5. The molecule has 0 fully saturated rings. The van der Waals surface area contributed by atoms with Crippen LogP contribution in [-0.4, -0.2) is 25.1 Å². The molecule has 0 heterocycles. The number of benzene rings is 2. The molecule has 23 heavy (non-hydrogen) atoms. The monoisotopic (exact) mass is 317 g/mol. The number of rotatable bonds is 6. The van der Waals surface area contributed by atoms with E-state index in [4.69, 9.17) is 9.47 Å². The van der Waals surface area contributed by atoms with Gasteiger partial charge in [-0.25, -0.2) is 9.18 Å². The predicted molar refractivity (Wildman–Crippen MR) is 82.7 cm³/mol. The number of hydrogen-bond acceptors (Lipinski definition) is 4. The van der Waals surface area contributed by atoms with E-state index >= 15 is 0 Å². The molecule has 0 aliphatic carbocycles. The fraction of sp³-hybridized carbons (Fsp3) is 0.176. The standard InChI is InChI=1S/C17H16FNO4/c1-12-5-7-14(8-6-12)19-16(20)10-23-17(21)11-22-15-4-2-3-13(18)9-15/h2-9H,10-11H2,1H3,(H,19,20). The van der Waals surface area contributed by atoms with Crippen molar-refractivity contribution in [3.63, 3.8) is 0 Å². The lowest BCUT2D eigenvalue weighted by molar-refractivity contribution is -0.149. The van der Waals surface area contributed by atoms with Crippen molar-refractivity contribution in [2.24, 2.45) is 0 Å². The molecule has 0 atom stereocenters. The fourth-order valence-corrected chi connectivity index (χ4v) is 1.72. The molecule has 5 nitrogen and oxygen atoms in total. The van der Waals surface area contributed by atoms with Gasteiger partial charge in [0, 0.05) is 11.8 Å². The molecule has 0 aromatic heterocycles. The van der Waals surface area contributed by atoms with E-state index in [1.807, 2.05) is 19.1 Å². The molecule has 2 rings (SSSR count). The molecule has 2 aromatic carbocycles. The second kappa shape index (κ2) is 7.93. The molecule has 1 N–H and O–H groups in total. The summed E-state index contributed by atoms with van der Waals surface area (Å²) in [5.41, 5.74) is 1.69. The van der Waals surface area contributed by atoms with Crippen LogP contribution in [0.4, 0.5) is 10.1 Å². The Labute approximate surface area is 133 Å². The lowest BCUT2D eigenvalue weighted by Gasteiger charge is -2.08. The number of hydrogen-bond donors (Lipinski definition) is 1. The fourth-order valence-electron chi connectivity index (χ4n) is 1.72. The minimum atomic E-state index is -0.715. The maximum atomic E-state index is 12.9. The summed E-state index contributed by atoms with van der Waals surface area (Å²) in [6.07, 6.45) is 0. The Morgan fingerprint density at radius 3 is 2.52 bits per heavy atom. The van der Waals surface area contributed by atoms with E-state index < -0.39 is 30.9 Å². The van der Waals surface area contributed by atoms with E-state index in [-0.39, 0.29) is 5.75 Å². The number of esters is 1. The number of ether oxygens (including phenoxy) is 2. The number of nitrogens with one attached hydrogen (secondary N) is 1. The third kappa shape index (κ3) is 5.78. The second-order valence-corrected chi connectivity index (χ2v) is 4.82. The lowest BCUT2D eigenvalue weighted by atomic mass is 10.2. The lowest BCUT2D eigenvalue weighted by Crippen LogP contribution is -2.23. The average Bonchev–Trinajstić information content (AvgIpc) is 2.53. The molecule has 120 valence electrons. The van der Waals surface area contributed by atoms with Crippen molar-refractivity contribution in [2.75, 3.05) is 18.5 Å². The number of carbonyl (C=O) groups excluding carboxylic acids is 2. The highest BCUT2D eigenvalue weighted by atomic mass is 19.1. The van der Waals surface area contributed by atoms with Crippen molar-refractivity contribution in [3.05, 3.63) is 59.9 Å². The van der Waals surface area contributed by atoms with Gasteiger partial charge in [0.25, 0.3) is 5.91 Å². The largest absolute Gasteiger partial charge is 0.482 e. The maximum Gasteiger partial charge on any atom is 0.344 e. The molecule has 0 spiro atoms. The van der Waals surface area contributed by atoms with Crippen molar-refractivity contribution >= 4 is 17.6 Å². The maximum absolute atomic E-state index is 12.9. The summed E-state index contributed by atoms with van der Waals surface area (Å²) in [4.78, 5) is 23.1. The van der Waals surface area contributed by atoms with Gasteiger partial charge in [-0.2, -0.15) is 0 Å². The van der Waals surface area contributed by atoms with E-state index in [0.29, 0.717) is 5.69 Å². The van der Waals surface area contributed by atoms with Gasteiger partial charge in [0.1, 0.15) is 11.6 Å². The molecule has 6 heteroatoms. The minimum Gasteiger partial charge on any atom is -0.482 e. The average molecular weight is 317 g/mol. The van der Waals surface area contributed by atoms with Crippen molar-refractivity contribution in [3.8, 4) is 5.75 Å². The van der Waals surface area contributed by atoms with Crippen LogP contribution in [0.25, 0.3) is 0 Å². The molecule has 1 amide bonds. The first-order valence-corrected chi connectivity index (χ1v) is 6.93. The summed E-state index contributed by atoms with van der Waals surface area (Å²) in [6.45, 7) is 1.12. The predicted octanol–water partition coefficient (Wildman–Crippen LogP) is 2.69. The quantitative estimate of drug-likeness (QED) is 0.832. The Bertz CT molecular complexity index is 685. The van der Waals surface area contributed by atoms with Crippen LogP contribution < -0.4 is 10.1 Å². The van der Waals surface area contributed by atoms with E-state index in [1.54, 1.807) is 12.1 Å². The van der Waals surface area contributed by atoms with Crippen LogP contribution in [0, 0.1) is 12.7 Å². The number of anilines is 1. The van der Waals surface area contributed by atoms with Crippen LogP contribution in [0.3, 0.4) is 0 Å². The van der Waals surface area contributed by atoms with Crippen molar-refractivity contribution < 1.29 is 23.5 Å². The SMILES string of the molecule is Cc1ccc(NC(=O)COC(=O)COc2cccc(F)c2)cc1. The second-order valence-electron chi connectivity index (χ2n) is 4.82. The Morgan fingerprint density at radius 2 is 1.83 bits per heavy atom.